The molecule has 1 aliphatic rings. The van der Waals surface area contributed by atoms with Crippen LogP contribution in [0.5, 0.6) is 0 Å². The van der Waals surface area contributed by atoms with Crippen molar-refractivity contribution >= 4 is 45.9 Å². The van der Waals surface area contributed by atoms with E-state index in [1.54, 1.807) is 0 Å². The number of nitrogens with zero attached hydrogens (tertiary/aromatic N) is 1. The van der Waals surface area contributed by atoms with E-state index in [9.17, 15) is 0 Å². The summed E-state index contributed by atoms with van der Waals surface area (Å²) >= 11 is 0. The van der Waals surface area contributed by atoms with Gasteiger partial charge >= 0.3 is 27.3 Å². The van der Waals surface area contributed by atoms with Crippen LogP contribution in [0, 0.1) is 0 Å². The van der Waals surface area contributed by atoms with E-state index in [4.69, 9.17) is 20.6 Å². The van der Waals surface area contributed by atoms with Crippen molar-refractivity contribution in [1.29, 1.82) is 0 Å². The zero-order valence-electron chi connectivity index (χ0n) is 12.3. The van der Waals surface area contributed by atoms with Crippen LogP contribution in [-0.2, 0) is 20.6 Å². The van der Waals surface area contributed by atoms with Gasteiger partial charge in [-0.05, 0) is 46.8 Å². The Balaban J connectivity index is 2.82. The van der Waals surface area contributed by atoms with E-state index in [0.717, 1.165) is 0 Å². The van der Waals surface area contributed by atoms with Gasteiger partial charge < -0.3 is 20.6 Å². The predicted octanol–water partition coefficient (Wildman–Crippen LogP) is -0.386. The van der Waals surface area contributed by atoms with Crippen LogP contribution in [0.1, 0.15) is 0 Å². The molecule has 0 aromatic rings. The van der Waals surface area contributed by atoms with Gasteiger partial charge in [0.1, 0.15) is 0 Å². The summed E-state index contributed by atoms with van der Waals surface area (Å²) in [5.74, 6) is 0. The molecule has 0 radical (unpaired) electrons. The van der Waals surface area contributed by atoms with Crippen molar-refractivity contribution in [3.05, 3.63) is 0 Å². The Morgan fingerprint density at radius 3 is 1.39 bits per heavy atom. The highest BCUT2D eigenvalue weighted by molar-refractivity contribution is 6.79. The Morgan fingerprint density at radius 2 is 1.06 bits per heavy atom. The molecule has 0 aromatic carbocycles. The lowest BCUT2D eigenvalue weighted by molar-refractivity contribution is 0.241. The smallest absolute Gasteiger partial charge is 0.406 e. The summed E-state index contributed by atoms with van der Waals surface area (Å²) < 4.78 is 32.0. The van der Waals surface area contributed by atoms with Crippen LogP contribution in [-0.4, -0.2) is 64.5 Å². The molecule has 0 amide bonds. The molecule has 108 valence electrons. The highest BCUT2D eigenvalue weighted by atomic mass is 28.5. The maximum absolute atomic E-state index is 6.14. The van der Waals surface area contributed by atoms with Gasteiger partial charge in [-0.3, -0.25) is 4.57 Å². The van der Waals surface area contributed by atoms with Crippen molar-refractivity contribution < 1.29 is 20.6 Å². The molecule has 1 aliphatic heterocycles. The molecule has 1 fully saturated rings. The summed E-state index contributed by atoms with van der Waals surface area (Å²) in [6, 6.07) is 0. The molecule has 0 saturated carbocycles. The summed E-state index contributed by atoms with van der Waals surface area (Å²) in [5.41, 5.74) is 0. The fourth-order valence-corrected chi connectivity index (χ4v) is 18.7. The largest absolute Gasteiger partial charge is 0.420 e. The summed E-state index contributed by atoms with van der Waals surface area (Å²) in [6.07, 6.45) is 0. The van der Waals surface area contributed by atoms with Crippen molar-refractivity contribution in [2.45, 2.75) is 32.7 Å². The van der Waals surface area contributed by atoms with Gasteiger partial charge in [0.05, 0.1) is 0 Å². The highest BCUT2D eigenvalue weighted by Crippen LogP contribution is 2.16. The van der Waals surface area contributed by atoms with E-state index in [1.165, 1.54) is 0 Å². The zero-order valence-corrected chi connectivity index (χ0v) is 17.9. The molecule has 0 aromatic heterocycles. The van der Waals surface area contributed by atoms with Gasteiger partial charge in [0.2, 0.25) is 0 Å². The monoisotopic (exact) mass is 343 g/mol. The standard InChI is InChI=1S/C7H25NO5Si5/c1-8(2)18(7)12-16(5)10-14(3)9-15(4)11-17(6)13-18/h14-17H,1-7H3. The fraction of sp³-hybridized carbons (Fsp3) is 1.00. The normalized spacial score (nSPS) is 44.0. The third kappa shape index (κ3) is 5.08. The highest BCUT2D eigenvalue weighted by Gasteiger charge is 2.41. The maximum atomic E-state index is 6.14. The first-order chi connectivity index (χ1) is 8.23. The average Bonchev–Trinajstić information content (AvgIpc) is 2.13. The minimum Gasteiger partial charge on any atom is -0.420 e. The Bertz CT molecular complexity index is 255. The first-order valence-electron chi connectivity index (χ1n) is 6.22. The van der Waals surface area contributed by atoms with Crippen LogP contribution in [0.3, 0.4) is 0 Å². The van der Waals surface area contributed by atoms with Crippen molar-refractivity contribution in [1.82, 2.24) is 4.57 Å². The van der Waals surface area contributed by atoms with Gasteiger partial charge in [-0.1, -0.05) is 0 Å². The Morgan fingerprint density at radius 1 is 0.722 bits per heavy atom. The Labute approximate surface area is 118 Å². The van der Waals surface area contributed by atoms with E-state index in [-0.39, 0.29) is 0 Å². The van der Waals surface area contributed by atoms with Crippen LogP contribution < -0.4 is 0 Å². The lowest BCUT2D eigenvalue weighted by atomic mass is 11.3. The fourth-order valence-electron chi connectivity index (χ4n) is 1.78. The molecule has 6 nitrogen and oxygen atoms in total. The lowest BCUT2D eigenvalue weighted by Gasteiger charge is -2.39. The van der Waals surface area contributed by atoms with E-state index in [1.807, 2.05) is 40.3 Å². The molecule has 4 atom stereocenters. The minimum atomic E-state index is -2.34. The van der Waals surface area contributed by atoms with Gasteiger partial charge in [-0.2, -0.15) is 0 Å². The zero-order chi connectivity index (χ0) is 13.9. The van der Waals surface area contributed by atoms with Gasteiger partial charge in [-0.25, -0.2) is 0 Å². The molecule has 4 unspecified atom stereocenters. The molecule has 0 N–H and O–H groups in total. The topological polar surface area (TPSA) is 49.4 Å². The van der Waals surface area contributed by atoms with E-state index in [2.05, 4.69) is 11.1 Å². The number of hydrogen-bond acceptors (Lipinski definition) is 6. The predicted molar refractivity (Wildman–Crippen MR) is 82.8 cm³/mol. The molecule has 1 heterocycles. The first-order valence-corrected chi connectivity index (χ1v) is 16.9. The lowest BCUT2D eigenvalue weighted by Crippen LogP contribution is -2.59. The molecule has 0 bridgehead atoms. The van der Waals surface area contributed by atoms with E-state index < -0.39 is 45.9 Å². The molecule has 18 heavy (non-hydrogen) atoms. The van der Waals surface area contributed by atoms with Crippen LogP contribution in [0.2, 0.25) is 32.7 Å². The van der Waals surface area contributed by atoms with Crippen molar-refractivity contribution in [3.63, 3.8) is 0 Å². The van der Waals surface area contributed by atoms with Crippen molar-refractivity contribution in [2.24, 2.45) is 0 Å². The molecular weight excluding hydrogens is 319 g/mol. The first kappa shape index (κ1) is 16.9. The molecule has 0 aliphatic carbocycles. The van der Waals surface area contributed by atoms with Crippen LogP contribution in [0.25, 0.3) is 0 Å². The van der Waals surface area contributed by atoms with Gasteiger partial charge in [0.25, 0.3) is 18.6 Å². The second kappa shape index (κ2) is 7.03. The van der Waals surface area contributed by atoms with Gasteiger partial charge in [0.15, 0.2) is 0 Å². The van der Waals surface area contributed by atoms with Crippen molar-refractivity contribution in [2.75, 3.05) is 14.1 Å². The number of hydrogen-bond donors (Lipinski definition) is 0. The molecular formula is C7H25NO5Si5. The van der Waals surface area contributed by atoms with Crippen LogP contribution in [0.4, 0.5) is 0 Å². The summed E-state index contributed by atoms with van der Waals surface area (Å²) in [7, 11) is -4.94. The SMILES string of the molecule is CN(C)[Si]1(C)O[SiH](C)O[SiH](C)O[SiH](C)O[SiH](C)O1. The quantitative estimate of drug-likeness (QED) is 0.605. The molecule has 11 heteroatoms. The van der Waals surface area contributed by atoms with E-state index >= 15 is 0 Å². The number of rotatable bonds is 1. The van der Waals surface area contributed by atoms with E-state index in [0.29, 0.717) is 0 Å². The van der Waals surface area contributed by atoms with Crippen molar-refractivity contribution in [3.8, 4) is 0 Å². The average molecular weight is 344 g/mol. The minimum absolute atomic E-state index is 1.61. The van der Waals surface area contributed by atoms with Crippen LogP contribution >= 0.6 is 0 Å². The Kier molecular flexibility index (Phi) is 6.60. The van der Waals surface area contributed by atoms with Gasteiger partial charge in [0, 0.05) is 0 Å². The molecule has 1 saturated heterocycles. The summed E-state index contributed by atoms with van der Waals surface area (Å²) in [6.45, 7) is 10.2. The molecule has 0 spiro atoms. The maximum Gasteiger partial charge on any atom is 0.406 e. The summed E-state index contributed by atoms with van der Waals surface area (Å²) in [5, 5.41) is 0. The van der Waals surface area contributed by atoms with Gasteiger partial charge in [-0.15, -0.1) is 0 Å². The second-order valence-electron chi connectivity index (χ2n) is 4.71. The second-order valence-corrected chi connectivity index (χ2v) is 17.1. The summed E-state index contributed by atoms with van der Waals surface area (Å²) in [4.78, 5) is 0. The third-order valence-electron chi connectivity index (χ3n) is 2.73. The van der Waals surface area contributed by atoms with Crippen LogP contribution in [0.15, 0.2) is 0 Å². The molecule has 1 rings (SSSR count). The Hall–Kier alpha value is 0.844. The third-order valence-corrected chi connectivity index (χ3v) is 19.7.